The topological polar surface area (TPSA) is 125 Å². The third kappa shape index (κ3) is 4.44. The third-order valence-electron chi connectivity index (χ3n) is 4.99. The van der Waals surface area contributed by atoms with Gasteiger partial charge in [0.25, 0.3) is 0 Å². The van der Waals surface area contributed by atoms with Crippen LogP contribution in [0.25, 0.3) is 0 Å². The van der Waals surface area contributed by atoms with Gasteiger partial charge in [0.2, 0.25) is 5.95 Å². The number of aromatic nitrogens is 3. The fraction of sp³-hybridized carbons (Fsp3) is 0.250. The smallest absolute Gasteiger partial charge is 0.415 e. The first-order valence-corrected chi connectivity index (χ1v) is 9.59. The van der Waals surface area contributed by atoms with E-state index >= 15 is 0 Å². The maximum atomic E-state index is 11.0. The molecule has 0 spiro atoms. The average molecular weight is 408 g/mol. The number of anilines is 6. The fourth-order valence-corrected chi connectivity index (χ4v) is 3.23. The molecule has 1 aromatic carbocycles. The largest absolute Gasteiger partial charge is 0.464 e. The van der Waals surface area contributed by atoms with Crippen LogP contribution in [0.2, 0.25) is 0 Å². The van der Waals surface area contributed by atoms with E-state index in [1.807, 2.05) is 12.1 Å². The number of likely N-dealkylation sites (N-methyl/N-ethyl adjacent to an activating group) is 1. The van der Waals surface area contributed by atoms with Crippen molar-refractivity contribution in [1.29, 1.82) is 0 Å². The number of nitrogens with zero attached hydrogens (tertiary/aromatic N) is 5. The molecule has 1 fully saturated rings. The first-order valence-electron chi connectivity index (χ1n) is 9.59. The van der Waals surface area contributed by atoms with Crippen molar-refractivity contribution in [3.63, 3.8) is 0 Å². The van der Waals surface area contributed by atoms with E-state index in [1.54, 1.807) is 6.07 Å². The second kappa shape index (κ2) is 8.29. The van der Waals surface area contributed by atoms with Crippen molar-refractivity contribution in [3.8, 4) is 0 Å². The van der Waals surface area contributed by atoms with Crippen LogP contribution in [0.1, 0.15) is 0 Å². The third-order valence-corrected chi connectivity index (χ3v) is 4.99. The Balaban J connectivity index is 1.44. The maximum absolute atomic E-state index is 11.0. The monoisotopic (exact) mass is 408 g/mol. The molecule has 2 aromatic heterocycles. The van der Waals surface area contributed by atoms with Crippen LogP contribution in [0.5, 0.6) is 0 Å². The van der Waals surface area contributed by atoms with Gasteiger partial charge >= 0.3 is 6.09 Å². The standard InChI is InChI=1S/C20H24N8O2/c1-26-8-10-27(11-9-26)16-4-2-14(3-5-16)24-19-22-12-17(21)18(25-19)23-15-6-7-28(13-15)20(29)30/h2-7,12-13H,8-11,21H2,1H3,(H,29,30)(H2,22,23,24,25). The van der Waals surface area contributed by atoms with E-state index in [0.717, 1.165) is 36.4 Å². The first-order chi connectivity index (χ1) is 14.5. The molecule has 30 heavy (non-hydrogen) atoms. The molecule has 3 heterocycles. The molecular weight excluding hydrogens is 384 g/mol. The quantitative estimate of drug-likeness (QED) is 0.504. The van der Waals surface area contributed by atoms with Crippen molar-refractivity contribution >= 4 is 40.6 Å². The molecule has 0 bridgehead atoms. The SMILES string of the molecule is CN1CCN(c2ccc(Nc3ncc(N)c(Nc4ccn(C(=O)O)c4)n3)cc2)CC1. The van der Waals surface area contributed by atoms with Crippen molar-refractivity contribution in [2.75, 3.05) is 54.5 Å². The first kappa shape index (κ1) is 19.5. The Morgan fingerprint density at radius 3 is 2.47 bits per heavy atom. The van der Waals surface area contributed by atoms with Gasteiger partial charge in [-0.05, 0) is 37.4 Å². The van der Waals surface area contributed by atoms with Crippen LogP contribution in [-0.4, -0.2) is 63.9 Å². The number of nitrogens with two attached hydrogens (primary N) is 1. The average Bonchev–Trinajstić information content (AvgIpc) is 3.21. The van der Waals surface area contributed by atoms with Gasteiger partial charge in [-0.2, -0.15) is 4.98 Å². The van der Waals surface area contributed by atoms with E-state index in [9.17, 15) is 4.79 Å². The molecule has 5 N–H and O–H groups in total. The number of piperazine rings is 1. The molecule has 4 rings (SSSR count). The minimum Gasteiger partial charge on any atom is -0.464 e. The van der Waals surface area contributed by atoms with Crippen LogP contribution in [0.3, 0.4) is 0 Å². The number of hydrogen-bond donors (Lipinski definition) is 4. The lowest BCUT2D eigenvalue weighted by molar-refractivity contribution is 0.196. The van der Waals surface area contributed by atoms with Gasteiger partial charge in [0.15, 0.2) is 5.82 Å². The highest BCUT2D eigenvalue weighted by Crippen LogP contribution is 2.24. The molecule has 156 valence electrons. The number of nitrogens with one attached hydrogen (secondary N) is 2. The molecule has 0 atom stereocenters. The Bertz CT molecular complexity index is 1030. The molecule has 0 aliphatic carbocycles. The zero-order valence-electron chi connectivity index (χ0n) is 16.6. The molecule has 0 saturated carbocycles. The van der Waals surface area contributed by atoms with Crippen LogP contribution in [0, 0.1) is 0 Å². The van der Waals surface area contributed by atoms with Crippen molar-refractivity contribution in [1.82, 2.24) is 19.4 Å². The minimum atomic E-state index is -1.07. The predicted octanol–water partition coefficient (Wildman–Crippen LogP) is 2.63. The maximum Gasteiger partial charge on any atom is 0.415 e. The molecular formula is C20H24N8O2. The van der Waals surface area contributed by atoms with Crippen LogP contribution in [0.15, 0.2) is 48.9 Å². The molecule has 1 aliphatic heterocycles. The van der Waals surface area contributed by atoms with Crippen molar-refractivity contribution in [2.45, 2.75) is 0 Å². The summed E-state index contributed by atoms with van der Waals surface area (Å²) in [6.45, 7) is 4.15. The molecule has 1 saturated heterocycles. The highest BCUT2D eigenvalue weighted by molar-refractivity contribution is 5.73. The van der Waals surface area contributed by atoms with E-state index in [0.29, 0.717) is 23.1 Å². The molecule has 0 radical (unpaired) electrons. The number of hydrogen-bond acceptors (Lipinski definition) is 8. The Labute approximate surface area is 174 Å². The molecule has 10 heteroatoms. The number of carbonyl (C=O) groups is 1. The Morgan fingerprint density at radius 2 is 1.80 bits per heavy atom. The van der Waals surface area contributed by atoms with Crippen LogP contribution in [0.4, 0.5) is 39.3 Å². The molecule has 0 unspecified atom stereocenters. The second-order valence-electron chi connectivity index (χ2n) is 7.17. The van der Waals surface area contributed by atoms with Gasteiger partial charge in [-0.15, -0.1) is 0 Å². The lowest BCUT2D eigenvalue weighted by Crippen LogP contribution is -2.44. The summed E-state index contributed by atoms with van der Waals surface area (Å²) in [5, 5.41) is 15.2. The summed E-state index contributed by atoms with van der Waals surface area (Å²) in [4.78, 5) is 24.3. The summed E-state index contributed by atoms with van der Waals surface area (Å²) in [6.07, 6.45) is 3.31. The van der Waals surface area contributed by atoms with Crippen molar-refractivity contribution in [3.05, 3.63) is 48.9 Å². The second-order valence-corrected chi connectivity index (χ2v) is 7.17. The Kier molecular flexibility index (Phi) is 5.40. The number of carboxylic acid groups (broad SMARTS) is 1. The normalized spacial score (nSPS) is 14.5. The highest BCUT2D eigenvalue weighted by Gasteiger charge is 2.14. The zero-order chi connectivity index (χ0) is 21.1. The minimum absolute atomic E-state index is 0.356. The molecule has 3 aromatic rings. The van der Waals surface area contributed by atoms with E-state index in [2.05, 4.69) is 49.6 Å². The van der Waals surface area contributed by atoms with Gasteiger partial charge < -0.3 is 31.3 Å². The van der Waals surface area contributed by atoms with E-state index in [4.69, 9.17) is 10.8 Å². The summed E-state index contributed by atoms with van der Waals surface area (Å²) in [5.74, 6) is 0.779. The van der Waals surface area contributed by atoms with E-state index in [-0.39, 0.29) is 0 Å². The summed E-state index contributed by atoms with van der Waals surface area (Å²) in [7, 11) is 2.14. The zero-order valence-corrected chi connectivity index (χ0v) is 16.6. The molecule has 1 aliphatic rings. The van der Waals surface area contributed by atoms with Gasteiger partial charge in [-0.3, -0.25) is 4.57 Å². The number of nitrogen functional groups attached to an aromatic ring is 1. The van der Waals surface area contributed by atoms with E-state index in [1.165, 1.54) is 24.3 Å². The summed E-state index contributed by atoms with van der Waals surface area (Å²) < 4.78 is 1.04. The van der Waals surface area contributed by atoms with Gasteiger partial charge in [0, 0.05) is 49.9 Å². The van der Waals surface area contributed by atoms with Gasteiger partial charge in [0.1, 0.15) is 0 Å². The Hall–Kier alpha value is -3.79. The van der Waals surface area contributed by atoms with Crippen LogP contribution < -0.4 is 21.3 Å². The van der Waals surface area contributed by atoms with Crippen LogP contribution >= 0.6 is 0 Å². The Morgan fingerprint density at radius 1 is 1.07 bits per heavy atom. The van der Waals surface area contributed by atoms with Crippen LogP contribution in [-0.2, 0) is 0 Å². The lowest BCUT2D eigenvalue weighted by atomic mass is 10.2. The van der Waals surface area contributed by atoms with Gasteiger partial charge in [-0.25, -0.2) is 9.78 Å². The predicted molar refractivity (Wildman–Crippen MR) is 117 cm³/mol. The number of rotatable bonds is 5. The van der Waals surface area contributed by atoms with Crippen molar-refractivity contribution in [2.24, 2.45) is 0 Å². The highest BCUT2D eigenvalue weighted by atomic mass is 16.4. The van der Waals surface area contributed by atoms with Gasteiger partial charge in [-0.1, -0.05) is 0 Å². The van der Waals surface area contributed by atoms with E-state index < -0.39 is 6.09 Å². The number of benzene rings is 1. The molecule has 0 amide bonds. The van der Waals surface area contributed by atoms with Gasteiger partial charge in [0.05, 0.1) is 17.6 Å². The summed E-state index contributed by atoms with van der Waals surface area (Å²) in [5.41, 5.74) is 8.93. The van der Waals surface area contributed by atoms with Crippen molar-refractivity contribution < 1.29 is 9.90 Å². The molecule has 10 nitrogen and oxygen atoms in total. The lowest BCUT2D eigenvalue weighted by Gasteiger charge is -2.34. The fourth-order valence-electron chi connectivity index (χ4n) is 3.23. The summed E-state index contributed by atoms with van der Waals surface area (Å²) in [6, 6.07) is 9.78. The summed E-state index contributed by atoms with van der Waals surface area (Å²) >= 11 is 0.